The normalized spacial score (nSPS) is 17.4. The van der Waals surface area contributed by atoms with Crippen LogP contribution in [0.25, 0.3) is 0 Å². The summed E-state index contributed by atoms with van der Waals surface area (Å²) < 4.78 is 7.19. The average molecular weight is 302 g/mol. The maximum absolute atomic E-state index is 12.6. The molecule has 0 N–H and O–H groups in total. The Balaban J connectivity index is 1.89. The zero-order valence-electron chi connectivity index (χ0n) is 12.6. The third-order valence-electron chi connectivity index (χ3n) is 3.77. The van der Waals surface area contributed by atoms with Gasteiger partial charge in [-0.15, -0.1) is 5.10 Å². The van der Waals surface area contributed by atoms with Crippen molar-refractivity contribution >= 4 is 5.91 Å². The fraction of sp³-hybridized carbons (Fsp3) is 0.500. The van der Waals surface area contributed by atoms with Crippen LogP contribution >= 0.6 is 0 Å². The number of hydrogen-bond donors (Lipinski definition) is 0. The van der Waals surface area contributed by atoms with Crippen molar-refractivity contribution in [1.82, 2.24) is 29.9 Å². The van der Waals surface area contributed by atoms with E-state index < -0.39 is 0 Å². The molecule has 2 aromatic rings. The van der Waals surface area contributed by atoms with Gasteiger partial charge >= 0.3 is 0 Å². The number of fused-ring (bicyclic) bond motifs is 1. The first-order chi connectivity index (χ1) is 10.7. The number of aryl methyl sites for hydroxylation is 1. The molecule has 0 spiro atoms. The van der Waals surface area contributed by atoms with Crippen molar-refractivity contribution in [1.29, 1.82) is 0 Å². The minimum Gasteiger partial charge on any atom is -0.384 e. The van der Waals surface area contributed by atoms with Crippen molar-refractivity contribution in [3.05, 3.63) is 35.7 Å². The summed E-state index contributed by atoms with van der Waals surface area (Å²) in [6.07, 6.45) is 2.94. The molecular formula is C14H18N6O2. The number of nitrogens with zero attached hydrogens (tertiary/aromatic N) is 6. The van der Waals surface area contributed by atoms with Gasteiger partial charge in [0.2, 0.25) is 0 Å². The maximum Gasteiger partial charge on any atom is 0.272 e. The molecule has 0 aromatic carbocycles. The summed E-state index contributed by atoms with van der Waals surface area (Å²) in [6.45, 7) is 4.31. The number of methoxy groups -OCH3 is 1. The van der Waals surface area contributed by atoms with Crippen LogP contribution in [-0.4, -0.2) is 56.0 Å². The summed E-state index contributed by atoms with van der Waals surface area (Å²) in [6, 6.07) is 1.62. The summed E-state index contributed by atoms with van der Waals surface area (Å²) in [4.78, 5) is 22.2. The fourth-order valence-corrected chi connectivity index (χ4v) is 2.81. The lowest BCUT2D eigenvalue weighted by Gasteiger charge is -2.31. The Morgan fingerprint density at radius 1 is 1.50 bits per heavy atom. The van der Waals surface area contributed by atoms with E-state index in [0.717, 1.165) is 17.9 Å². The second kappa shape index (κ2) is 6.18. The lowest BCUT2D eigenvalue weighted by atomic mass is 9.98. The second-order valence-electron chi connectivity index (χ2n) is 5.17. The molecule has 0 saturated carbocycles. The molecule has 1 amide bonds. The van der Waals surface area contributed by atoms with Gasteiger partial charge in [-0.25, -0.2) is 14.6 Å². The van der Waals surface area contributed by atoms with Crippen LogP contribution in [0.2, 0.25) is 0 Å². The Kier molecular flexibility index (Phi) is 4.10. The van der Waals surface area contributed by atoms with E-state index in [1.165, 1.54) is 6.33 Å². The SMILES string of the molecule is CCn1nnc2c1C(COC)CN(C(=O)c1ccncn1)C2. The van der Waals surface area contributed by atoms with E-state index in [4.69, 9.17) is 4.74 Å². The van der Waals surface area contributed by atoms with Gasteiger partial charge in [0.1, 0.15) is 17.7 Å². The summed E-state index contributed by atoms with van der Waals surface area (Å²) in [5.74, 6) is -0.0605. The molecule has 1 atom stereocenters. The van der Waals surface area contributed by atoms with E-state index in [1.807, 2.05) is 11.6 Å². The summed E-state index contributed by atoms with van der Waals surface area (Å²) in [7, 11) is 1.66. The molecule has 0 fully saturated rings. The number of carbonyl (C=O) groups is 1. The minimum absolute atomic E-state index is 0.0643. The fourth-order valence-electron chi connectivity index (χ4n) is 2.81. The van der Waals surface area contributed by atoms with E-state index in [9.17, 15) is 4.79 Å². The summed E-state index contributed by atoms with van der Waals surface area (Å²) in [5.41, 5.74) is 2.28. The summed E-state index contributed by atoms with van der Waals surface area (Å²) >= 11 is 0. The van der Waals surface area contributed by atoms with Crippen molar-refractivity contribution in [3.8, 4) is 0 Å². The average Bonchev–Trinajstić information content (AvgIpc) is 2.98. The van der Waals surface area contributed by atoms with Gasteiger partial charge in [0.05, 0.1) is 18.8 Å². The standard InChI is InChI=1S/C14H18N6O2/c1-3-20-13-10(8-22-2)6-19(7-12(13)17-18-20)14(21)11-4-5-15-9-16-11/h4-5,9-10H,3,6-8H2,1-2H3. The van der Waals surface area contributed by atoms with Gasteiger partial charge < -0.3 is 9.64 Å². The molecule has 3 heterocycles. The van der Waals surface area contributed by atoms with Gasteiger partial charge in [0, 0.05) is 32.3 Å². The minimum atomic E-state index is -0.125. The highest BCUT2D eigenvalue weighted by Gasteiger charge is 2.33. The summed E-state index contributed by atoms with van der Waals surface area (Å²) in [5, 5.41) is 8.38. The van der Waals surface area contributed by atoms with Crippen molar-refractivity contribution in [2.24, 2.45) is 0 Å². The Morgan fingerprint density at radius 2 is 2.36 bits per heavy atom. The Labute approximate surface area is 128 Å². The van der Waals surface area contributed by atoms with Gasteiger partial charge in [0.15, 0.2) is 0 Å². The molecule has 0 saturated heterocycles. The zero-order chi connectivity index (χ0) is 15.5. The van der Waals surface area contributed by atoms with Gasteiger partial charge in [0.25, 0.3) is 5.91 Å². The molecule has 22 heavy (non-hydrogen) atoms. The molecule has 1 unspecified atom stereocenters. The quantitative estimate of drug-likeness (QED) is 0.816. The van der Waals surface area contributed by atoms with Crippen LogP contribution in [0.5, 0.6) is 0 Å². The van der Waals surface area contributed by atoms with Gasteiger partial charge in [-0.3, -0.25) is 4.79 Å². The van der Waals surface area contributed by atoms with Crippen LogP contribution in [0.4, 0.5) is 0 Å². The highest BCUT2D eigenvalue weighted by molar-refractivity contribution is 5.92. The van der Waals surface area contributed by atoms with Crippen LogP contribution in [-0.2, 0) is 17.8 Å². The molecule has 116 valence electrons. The Hall–Kier alpha value is -2.35. The van der Waals surface area contributed by atoms with E-state index in [0.29, 0.717) is 25.4 Å². The third kappa shape index (κ3) is 2.57. The largest absolute Gasteiger partial charge is 0.384 e. The molecule has 2 aromatic heterocycles. The van der Waals surface area contributed by atoms with Crippen LogP contribution < -0.4 is 0 Å². The first kappa shape index (κ1) is 14.6. The Morgan fingerprint density at radius 3 is 3.05 bits per heavy atom. The third-order valence-corrected chi connectivity index (χ3v) is 3.77. The highest BCUT2D eigenvalue weighted by Crippen LogP contribution is 2.28. The smallest absolute Gasteiger partial charge is 0.272 e. The Bertz CT molecular complexity index is 657. The van der Waals surface area contributed by atoms with E-state index in [1.54, 1.807) is 24.3 Å². The number of amides is 1. The first-order valence-corrected chi connectivity index (χ1v) is 7.21. The molecule has 8 heteroatoms. The van der Waals surface area contributed by atoms with Gasteiger partial charge in [-0.2, -0.15) is 0 Å². The van der Waals surface area contributed by atoms with Gasteiger partial charge in [-0.05, 0) is 13.0 Å². The van der Waals surface area contributed by atoms with E-state index in [2.05, 4.69) is 20.3 Å². The lowest BCUT2D eigenvalue weighted by Crippen LogP contribution is -2.40. The van der Waals surface area contributed by atoms with Crippen molar-refractivity contribution in [3.63, 3.8) is 0 Å². The van der Waals surface area contributed by atoms with Crippen LogP contribution in [0.1, 0.15) is 34.7 Å². The molecule has 1 aliphatic rings. The van der Waals surface area contributed by atoms with E-state index >= 15 is 0 Å². The molecule has 0 bridgehead atoms. The van der Waals surface area contributed by atoms with Crippen molar-refractivity contribution in [2.75, 3.05) is 20.3 Å². The number of aromatic nitrogens is 5. The number of ether oxygens (including phenoxy) is 1. The monoisotopic (exact) mass is 302 g/mol. The molecule has 0 aliphatic carbocycles. The van der Waals surface area contributed by atoms with Crippen LogP contribution in [0.15, 0.2) is 18.6 Å². The topological polar surface area (TPSA) is 86.0 Å². The lowest BCUT2D eigenvalue weighted by molar-refractivity contribution is 0.0666. The number of carbonyl (C=O) groups excluding carboxylic acids is 1. The van der Waals surface area contributed by atoms with E-state index in [-0.39, 0.29) is 11.8 Å². The number of rotatable bonds is 4. The van der Waals surface area contributed by atoms with Crippen LogP contribution in [0, 0.1) is 0 Å². The molecule has 8 nitrogen and oxygen atoms in total. The number of hydrogen-bond acceptors (Lipinski definition) is 6. The van der Waals surface area contributed by atoms with Crippen molar-refractivity contribution in [2.45, 2.75) is 25.9 Å². The molecule has 1 aliphatic heterocycles. The van der Waals surface area contributed by atoms with Crippen molar-refractivity contribution < 1.29 is 9.53 Å². The first-order valence-electron chi connectivity index (χ1n) is 7.21. The molecule has 3 rings (SSSR count). The van der Waals surface area contributed by atoms with Gasteiger partial charge in [-0.1, -0.05) is 5.21 Å². The second-order valence-corrected chi connectivity index (χ2v) is 5.17. The predicted octanol–water partition coefficient (Wildman–Crippen LogP) is 0.474. The van der Waals surface area contributed by atoms with Crippen LogP contribution in [0.3, 0.4) is 0 Å². The maximum atomic E-state index is 12.6. The highest BCUT2D eigenvalue weighted by atomic mass is 16.5. The zero-order valence-corrected chi connectivity index (χ0v) is 12.6. The molecular weight excluding hydrogens is 284 g/mol. The predicted molar refractivity (Wildman–Crippen MR) is 77.1 cm³/mol. The molecule has 0 radical (unpaired) electrons.